The van der Waals surface area contributed by atoms with Crippen molar-refractivity contribution >= 4 is 0 Å². The Labute approximate surface area is 98.9 Å². The summed E-state index contributed by atoms with van der Waals surface area (Å²) in [5.74, 6) is 1.77. The number of hydrogen-bond donors (Lipinski definition) is 0. The first kappa shape index (κ1) is 12.8. The van der Waals surface area contributed by atoms with Gasteiger partial charge in [0.1, 0.15) is 5.76 Å². The lowest BCUT2D eigenvalue weighted by atomic mass is 9.99. The molecule has 0 N–H and O–H groups in total. The molecule has 1 heteroatoms. The third-order valence-electron chi connectivity index (χ3n) is 2.78. The van der Waals surface area contributed by atoms with Crippen molar-refractivity contribution in [3.63, 3.8) is 0 Å². The molecular formula is C15H22O. The molecule has 1 nitrogen and oxygen atoms in total. The van der Waals surface area contributed by atoms with Crippen LogP contribution in [0.25, 0.3) is 0 Å². The van der Waals surface area contributed by atoms with Gasteiger partial charge in [0.05, 0.1) is 6.26 Å². The van der Waals surface area contributed by atoms with E-state index in [0.717, 1.165) is 18.6 Å². The zero-order chi connectivity index (χ0) is 12.0. The summed E-state index contributed by atoms with van der Waals surface area (Å²) in [4.78, 5) is 0. The standard InChI is InChI=1S/C15H22O/c1-5-12(2)7-6-8-13(3)9-15-10-14(4)11-16-15/h5,7,10-11,13H,1,6,8-9H2,2-4H3/b12-7+. The van der Waals surface area contributed by atoms with Crippen LogP contribution in [0.1, 0.15) is 38.0 Å². The molecule has 16 heavy (non-hydrogen) atoms. The zero-order valence-corrected chi connectivity index (χ0v) is 10.6. The summed E-state index contributed by atoms with van der Waals surface area (Å²) in [5.41, 5.74) is 2.48. The molecule has 0 aliphatic rings. The van der Waals surface area contributed by atoms with E-state index in [-0.39, 0.29) is 0 Å². The van der Waals surface area contributed by atoms with E-state index in [1.165, 1.54) is 17.6 Å². The highest BCUT2D eigenvalue weighted by Gasteiger charge is 2.05. The molecule has 0 amide bonds. The molecule has 1 rings (SSSR count). The van der Waals surface area contributed by atoms with E-state index in [2.05, 4.69) is 39.5 Å². The zero-order valence-electron chi connectivity index (χ0n) is 10.6. The Morgan fingerprint density at radius 3 is 2.88 bits per heavy atom. The molecule has 0 radical (unpaired) electrons. The summed E-state index contributed by atoms with van der Waals surface area (Å²) in [6, 6.07) is 2.13. The van der Waals surface area contributed by atoms with E-state index in [9.17, 15) is 0 Å². The van der Waals surface area contributed by atoms with Crippen molar-refractivity contribution in [2.75, 3.05) is 0 Å². The fraction of sp³-hybridized carbons (Fsp3) is 0.467. The maximum absolute atomic E-state index is 5.45. The van der Waals surface area contributed by atoms with Crippen LogP contribution in [-0.4, -0.2) is 0 Å². The van der Waals surface area contributed by atoms with Gasteiger partial charge in [-0.05, 0) is 44.2 Å². The van der Waals surface area contributed by atoms with Crippen LogP contribution in [0.2, 0.25) is 0 Å². The van der Waals surface area contributed by atoms with Crippen molar-refractivity contribution in [2.45, 2.75) is 40.0 Å². The Bertz CT molecular complexity index is 357. The molecular weight excluding hydrogens is 196 g/mol. The monoisotopic (exact) mass is 218 g/mol. The second-order valence-electron chi connectivity index (χ2n) is 4.63. The lowest BCUT2D eigenvalue weighted by molar-refractivity contribution is 0.442. The van der Waals surface area contributed by atoms with Crippen LogP contribution in [-0.2, 0) is 6.42 Å². The van der Waals surface area contributed by atoms with Crippen LogP contribution in [0.5, 0.6) is 0 Å². The molecule has 1 unspecified atom stereocenters. The van der Waals surface area contributed by atoms with Gasteiger partial charge in [-0.2, -0.15) is 0 Å². The maximum atomic E-state index is 5.45. The van der Waals surface area contributed by atoms with Crippen molar-refractivity contribution in [3.05, 3.63) is 48.0 Å². The Morgan fingerprint density at radius 1 is 1.56 bits per heavy atom. The Morgan fingerprint density at radius 2 is 2.31 bits per heavy atom. The first-order valence-corrected chi connectivity index (χ1v) is 5.95. The highest BCUT2D eigenvalue weighted by Crippen LogP contribution is 2.16. The van der Waals surface area contributed by atoms with Crippen LogP contribution in [0, 0.1) is 12.8 Å². The largest absolute Gasteiger partial charge is 0.469 e. The summed E-state index contributed by atoms with van der Waals surface area (Å²) in [5, 5.41) is 0. The van der Waals surface area contributed by atoms with Gasteiger partial charge in [-0.15, -0.1) is 0 Å². The second kappa shape index (κ2) is 6.37. The van der Waals surface area contributed by atoms with Gasteiger partial charge in [-0.25, -0.2) is 0 Å². The molecule has 0 aliphatic carbocycles. The molecule has 1 heterocycles. The minimum Gasteiger partial charge on any atom is -0.469 e. The molecule has 0 saturated heterocycles. The van der Waals surface area contributed by atoms with E-state index in [4.69, 9.17) is 4.42 Å². The van der Waals surface area contributed by atoms with Crippen LogP contribution < -0.4 is 0 Å². The predicted molar refractivity (Wildman–Crippen MR) is 69.5 cm³/mol. The van der Waals surface area contributed by atoms with E-state index in [0.29, 0.717) is 5.92 Å². The first-order valence-electron chi connectivity index (χ1n) is 5.95. The summed E-state index contributed by atoms with van der Waals surface area (Å²) in [7, 11) is 0. The van der Waals surface area contributed by atoms with Crippen LogP contribution in [0.4, 0.5) is 0 Å². The summed E-state index contributed by atoms with van der Waals surface area (Å²) in [6.07, 6.45) is 9.33. The van der Waals surface area contributed by atoms with E-state index in [1.807, 2.05) is 12.3 Å². The van der Waals surface area contributed by atoms with Gasteiger partial charge in [0.2, 0.25) is 0 Å². The fourth-order valence-electron chi connectivity index (χ4n) is 1.72. The van der Waals surface area contributed by atoms with Gasteiger partial charge in [-0.1, -0.05) is 31.2 Å². The number of hydrogen-bond acceptors (Lipinski definition) is 1. The topological polar surface area (TPSA) is 13.1 Å². The third-order valence-corrected chi connectivity index (χ3v) is 2.78. The molecule has 0 saturated carbocycles. The van der Waals surface area contributed by atoms with E-state index in [1.54, 1.807) is 0 Å². The van der Waals surface area contributed by atoms with Crippen LogP contribution >= 0.6 is 0 Å². The van der Waals surface area contributed by atoms with Crippen molar-refractivity contribution in [1.82, 2.24) is 0 Å². The number of allylic oxidation sites excluding steroid dienone is 3. The lowest BCUT2D eigenvalue weighted by Crippen LogP contribution is -1.98. The van der Waals surface area contributed by atoms with Gasteiger partial charge in [-0.3, -0.25) is 0 Å². The quantitative estimate of drug-likeness (QED) is 0.632. The van der Waals surface area contributed by atoms with Gasteiger partial charge >= 0.3 is 0 Å². The smallest absolute Gasteiger partial charge is 0.104 e. The molecule has 1 atom stereocenters. The average Bonchev–Trinajstić information content (AvgIpc) is 2.63. The average molecular weight is 218 g/mol. The molecule has 0 aromatic carbocycles. The SMILES string of the molecule is C=C/C(C)=C/CCC(C)Cc1cc(C)co1. The molecule has 0 aliphatic heterocycles. The highest BCUT2D eigenvalue weighted by atomic mass is 16.3. The number of rotatable bonds is 6. The van der Waals surface area contributed by atoms with E-state index >= 15 is 0 Å². The normalized spacial score (nSPS) is 13.8. The van der Waals surface area contributed by atoms with Crippen molar-refractivity contribution in [1.29, 1.82) is 0 Å². The Kier molecular flexibility index (Phi) is 5.10. The third kappa shape index (κ3) is 4.52. The lowest BCUT2D eigenvalue weighted by Gasteiger charge is -2.07. The summed E-state index contributed by atoms with van der Waals surface area (Å²) in [6.45, 7) is 10.2. The summed E-state index contributed by atoms with van der Waals surface area (Å²) < 4.78 is 5.45. The minimum atomic E-state index is 0.666. The van der Waals surface area contributed by atoms with Gasteiger partial charge in [0, 0.05) is 6.42 Å². The molecule has 0 fully saturated rings. The molecule has 0 spiro atoms. The van der Waals surface area contributed by atoms with Crippen molar-refractivity contribution < 1.29 is 4.42 Å². The Hall–Kier alpha value is -1.24. The van der Waals surface area contributed by atoms with Crippen LogP contribution in [0.3, 0.4) is 0 Å². The van der Waals surface area contributed by atoms with Crippen molar-refractivity contribution in [3.8, 4) is 0 Å². The number of aryl methyl sites for hydroxylation is 1. The second-order valence-corrected chi connectivity index (χ2v) is 4.63. The van der Waals surface area contributed by atoms with Gasteiger partial charge < -0.3 is 4.42 Å². The molecule has 1 aromatic heterocycles. The fourth-order valence-corrected chi connectivity index (χ4v) is 1.72. The maximum Gasteiger partial charge on any atom is 0.104 e. The first-order chi connectivity index (χ1) is 7.61. The van der Waals surface area contributed by atoms with Crippen LogP contribution in [0.15, 0.2) is 41.1 Å². The summed E-state index contributed by atoms with van der Waals surface area (Å²) >= 11 is 0. The highest BCUT2D eigenvalue weighted by molar-refractivity contribution is 5.13. The van der Waals surface area contributed by atoms with Crippen molar-refractivity contribution in [2.24, 2.45) is 5.92 Å². The van der Waals surface area contributed by atoms with Gasteiger partial charge in [0.25, 0.3) is 0 Å². The molecule has 0 bridgehead atoms. The number of furan rings is 1. The Balaban J connectivity index is 2.31. The molecule has 88 valence electrons. The molecule has 1 aromatic rings. The minimum absolute atomic E-state index is 0.666. The van der Waals surface area contributed by atoms with Gasteiger partial charge in [0.15, 0.2) is 0 Å². The van der Waals surface area contributed by atoms with E-state index < -0.39 is 0 Å². The predicted octanol–water partition coefficient (Wildman–Crippen LogP) is 4.68.